The van der Waals surface area contributed by atoms with Gasteiger partial charge in [-0.15, -0.1) is 0 Å². The van der Waals surface area contributed by atoms with Gasteiger partial charge in [0.25, 0.3) is 0 Å². The molecule has 1 aromatic rings. The predicted molar refractivity (Wildman–Crippen MR) is 82.8 cm³/mol. The maximum Gasteiger partial charge on any atom is 0.0798 e. The van der Waals surface area contributed by atoms with E-state index >= 15 is 0 Å². The van der Waals surface area contributed by atoms with E-state index in [2.05, 4.69) is 32.4 Å². The van der Waals surface area contributed by atoms with Crippen LogP contribution in [0, 0.1) is 11.8 Å². The number of aryl methyl sites for hydroxylation is 1. The summed E-state index contributed by atoms with van der Waals surface area (Å²) in [5.41, 5.74) is 3.42. The highest BCUT2D eigenvalue weighted by Gasteiger charge is 2.29. The van der Waals surface area contributed by atoms with Crippen molar-refractivity contribution >= 4 is 0 Å². The first kappa shape index (κ1) is 15.6. The third-order valence-corrected chi connectivity index (χ3v) is 5.13. The molecule has 0 spiro atoms. The van der Waals surface area contributed by atoms with Crippen molar-refractivity contribution in [2.24, 2.45) is 11.8 Å². The third-order valence-electron chi connectivity index (χ3n) is 5.13. The summed E-state index contributed by atoms with van der Waals surface area (Å²) >= 11 is 0. The van der Waals surface area contributed by atoms with Crippen LogP contribution in [0.15, 0.2) is 0 Å². The van der Waals surface area contributed by atoms with E-state index in [1.807, 2.05) is 6.92 Å². The quantitative estimate of drug-likeness (QED) is 0.902. The number of aliphatic hydroxyl groups is 1. The van der Waals surface area contributed by atoms with Crippen LogP contribution in [0.1, 0.15) is 83.0 Å². The topological polar surface area (TPSA) is 38.0 Å². The molecule has 1 fully saturated rings. The minimum atomic E-state index is -0.409. The Balaban J connectivity index is 2.36. The van der Waals surface area contributed by atoms with E-state index < -0.39 is 6.10 Å². The van der Waals surface area contributed by atoms with Gasteiger partial charge < -0.3 is 5.11 Å². The van der Waals surface area contributed by atoms with Crippen LogP contribution in [0.4, 0.5) is 0 Å². The van der Waals surface area contributed by atoms with Crippen molar-refractivity contribution in [1.82, 2.24) is 9.78 Å². The fourth-order valence-corrected chi connectivity index (χ4v) is 3.67. The Morgan fingerprint density at radius 2 is 1.90 bits per heavy atom. The highest BCUT2D eigenvalue weighted by Crippen LogP contribution is 2.38. The minimum absolute atomic E-state index is 0.409. The van der Waals surface area contributed by atoms with Gasteiger partial charge in [0.1, 0.15) is 0 Å². The fourth-order valence-electron chi connectivity index (χ4n) is 3.67. The van der Waals surface area contributed by atoms with Crippen LogP contribution in [-0.4, -0.2) is 14.9 Å². The van der Waals surface area contributed by atoms with Gasteiger partial charge in [0, 0.05) is 11.3 Å². The number of rotatable bonds is 4. The Morgan fingerprint density at radius 1 is 1.20 bits per heavy atom. The lowest BCUT2D eigenvalue weighted by Crippen LogP contribution is -2.25. The molecule has 4 atom stereocenters. The molecule has 0 saturated heterocycles. The van der Waals surface area contributed by atoms with Crippen molar-refractivity contribution in [1.29, 1.82) is 0 Å². The second kappa shape index (κ2) is 6.30. The van der Waals surface area contributed by atoms with Crippen molar-refractivity contribution in [3.63, 3.8) is 0 Å². The second-order valence-corrected chi connectivity index (χ2v) is 6.56. The largest absolute Gasteiger partial charge is 0.389 e. The first-order valence-electron chi connectivity index (χ1n) is 8.27. The molecule has 1 aliphatic carbocycles. The summed E-state index contributed by atoms with van der Waals surface area (Å²) in [5, 5.41) is 15.0. The molecule has 0 radical (unpaired) electrons. The van der Waals surface area contributed by atoms with Crippen LogP contribution in [-0.2, 0) is 12.8 Å². The van der Waals surface area contributed by atoms with Crippen molar-refractivity contribution in [2.45, 2.75) is 78.9 Å². The summed E-state index contributed by atoms with van der Waals surface area (Å²) < 4.78 is 2.25. The van der Waals surface area contributed by atoms with Crippen LogP contribution < -0.4 is 0 Å². The van der Waals surface area contributed by atoms with Crippen molar-refractivity contribution in [3.05, 3.63) is 17.0 Å². The van der Waals surface area contributed by atoms with Gasteiger partial charge >= 0.3 is 0 Å². The number of hydrogen-bond acceptors (Lipinski definition) is 2. The predicted octanol–water partition coefficient (Wildman–Crippen LogP) is 4.06. The molecular weight excluding hydrogens is 248 g/mol. The van der Waals surface area contributed by atoms with Crippen LogP contribution in [0.5, 0.6) is 0 Å². The summed E-state index contributed by atoms with van der Waals surface area (Å²) in [7, 11) is 0. The standard InChI is InChI=1S/C17H30N2O/c1-6-15-17(13(5)20)16(7-2)19(18-15)14-9-8-11(3)12(4)10-14/h11-14,20H,6-10H2,1-5H3. The average molecular weight is 278 g/mol. The maximum atomic E-state index is 10.1. The van der Waals surface area contributed by atoms with Gasteiger partial charge in [0.05, 0.1) is 17.8 Å². The molecule has 2 rings (SSSR count). The molecule has 0 aromatic carbocycles. The summed E-state index contributed by atoms with van der Waals surface area (Å²) in [6.45, 7) is 10.9. The van der Waals surface area contributed by atoms with Crippen LogP contribution in [0.3, 0.4) is 0 Å². The van der Waals surface area contributed by atoms with E-state index in [1.165, 1.54) is 25.0 Å². The second-order valence-electron chi connectivity index (χ2n) is 6.56. The Bertz CT molecular complexity index is 450. The Hall–Kier alpha value is -0.830. The summed E-state index contributed by atoms with van der Waals surface area (Å²) in [6, 6.07) is 0.522. The molecule has 1 aromatic heterocycles. The minimum Gasteiger partial charge on any atom is -0.389 e. The lowest BCUT2D eigenvalue weighted by atomic mass is 9.79. The molecule has 1 saturated carbocycles. The third kappa shape index (κ3) is 2.78. The van der Waals surface area contributed by atoms with Crippen molar-refractivity contribution in [3.8, 4) is 0 Å². The summed E-state index contributed by atoms with van der Waals surface area (Å²) in [6.07, 6.45) is 5.18. The Kier molecular flexibility index (Phi) is 4.90. The molecule has 1 aliphatic rings. The zero-order valence-electron chi connectivity index (χ0n) is 13.7. The van der Waals surface area contributed by atoms with E-state index in [4.69, 9.17) is 5.10 Å². The molecule has 4 unspecified atom stereocenters. The van der Waals surface area contributed by atoms with E-state index in [0.29, 0.717) is 6.04 Å². The zero-order valence-corrected chi connectivity index (χ0v) is 13.7. The highest BCUT2D eigenvalue weighted by molar-refractivity contribution is 5.29. The van der Waals surface area contributed by atoms with E-state index in [0.717, 1.165) is 35.9 Å². The first-order valence-corrected chi connectivity index (χ1v) is 8.27. The lowest BCUT2D eigenvalue weighted by molar-refractivity contribution is 0.191. The number of nitrogens with zero attached hydrogens (tertiary/aromatic N) is 2. The Labute approximate surface area is 123 Å². The molecule has 3 heteroatoms. The van der Waals surface area contributed by atoms with Gasteiger partial charge in [-0.3, -0.25) is 4.68 Å². The number of aromatic nitrogens is 2. The molecule has 1 N–H and O–H groups in total. The van der Waals surface area contributed by atoms with E-state index in [1.54, 1.807) is 0 Å². The van der Waals surface area contributed by atoms with Gasteiger partial charge in [-0.1, -0.05) is 27.7 Å². The Morgan fingerprint density at radius 3 is 2.40 bits per heavy atom. The summed E-state index contributed by atoms with van der Waals surface area (Å²) in [5.74, 6) is 1.59. The van der Waals surface area contributed by atoms with Crippen LogP contribution in [0.2, 0.25) is 0 Å². The van der Waals surface area contributed by atoms with Crippen LogP contribution >= 0.6 is 0 Å². The van der Waals surface area contributed by atoms with Crippen molar-refractivity contribution < 1.29 is 5.11 Å². The molecule has 0 bridgehead atoms. The van der Waals surface area contributed by atoms with Gasteiger partial charge in [-0.2, -0.15) is 5.10 Å². The van der Waals surface area contributed by atoms with Gasteiger partial charge in [-0.05, 0) is 50.9 Å². The van der Waals surface area contributed by atoms with Crippen LogP contribution in [0.25, 0.3) is 0 Å². The molecule has 20 heavy (non-hydrogen) atoms. The molecule has 0 amide bonds. The smallest absolute Gasteiger partial charge is 0.0798 e. The SMILES string of the molecule is CCc1nn(C2CCC(C)C(C)C2)c(CC)c1C(C)O. The number of hydrogen-bond donors (Lipinski definition) is 1. The molecule has 1 heterocycles. The van der Waals surface area contributed by atoms with Crippen molar-refractivity contribution in [2.75, 3.05) is 0 Å². The molecule has 114 valence electrons. The zero-order chi connectivity index (χ0) is 14.9. The van der Waals surface area contributed by atoms with E-state index in [9.17, 15) is 5.11 Å². The normalized spacial score (nSPS) is 28.6. The number of aliphatic hydroxyl groups excluding tert-OH is 1. The fraction of sp³-hybridized carbons (Fsp3) is 0.824. The molecule has 0 aliphatic heterocycles. The maximum absolute atomic E-state index is 10.1. The van der Waals surface area contributed by atoms with E-state index in [-0.39, 0.29) is 0 Å². The summed E-state index contributed by atoms with van der Waals surface area (Å²) in [4.78, 5) is 0. The van der Waals surface area contributed by atoms with Gasteiger partial charge in [-0.25, -0.2) is 0 Å². The van der Waals surface area contributed by atoms with Gasteiger partial charge in [0.2, 0.25) is 0 Å². The average Bonchev–Trinajstić information content (AvgIpc) is 2.80. The molecular formula is C17H30N2O. The monoisotopic (exact) mass is 278 g/mol. The first-order chi connectivity index (χ1) is 9.49. The lowest BCUT2D eigenvalue weighted by Gasteiger charge is -2.33. The van der Waals surface area contributed by atoms with Gasteiger partial charge in [0.15, 0.2) is 0 Å². The molecule has 3 nitrogen and oxygen atoms in total. The highest BCUT2D eigenvalue weighted by atomic mass is 16.3.